The molecular weight excluding hydrogens is 310 g/mol. The molecule has 1 saturated carbocycles. The number of carbonyl (C=O) groups excluding carboxylic acids is 1. The van der Waals surface area contributed by atoms with Gasteiger partial charge in [-0.1, -0.05) is 54.6 Å². The minimum atomic E-state index is 0.0721. The number of aliphatic hydroxyl groups is 1. The molecule has 0 heterocycles. The Morgan fingerprint density at radius 2 is 1.56 bits per heavy atom. The first-order valence-corrected chi connectivity index (χ1v) is 9.27. The van der Waals surface area contributed by atoms with E-state index in [1.54, 1.807) is 0 Å². The van der Waals surface area contributed by atoms with Crippen LogP contribution in [0.15, 0.2) is 54.6 Å². The minimum Gasteiger partial charge on any atom is -0.392 e. The van der Waals surface area contributed by atoms with Crippen molar-refractivity contribution < 1.29 is 9.90 Å². The number of nitrogens with one attached hydrogen (secondary N) is 1. The summed E-state index contributed by atoms with van der Waals surface area (Å²) in [4.78, 5) is 12.4. The molecule has 3 nitrogen and oxygen atoms in total. The maximum atomic E-state index is 12.4. The molecule has 132 valence electrons. The van der Waals surface area contributed by atoms with Crippen LogP contribution in [-0.2, 0) is 17.8 Å². The fourth-order valence-corrected chi connectivity index (χ4v) is 3.70. The van der Waals surface area contributed by atoms with Crippen molar-refractivity contribution in [3.63, 3.8) is 0 Å². The molecule has 3 heteroatoms. The van der Waals surface area contributed by atoms with Gasteiger partial charge in [-0.25, -0.2) is 0 Å². The highest BCUT2D eigenvalue weighted by Gasteiger charge is 2.26. The second-order valence-corrected chi connectivity index (χ2v) is 6.97. The highest BCUT2D eigenvalue weighted by molar-refractivity contribution is 5.78. The number of benzene rings is 2. The van der Waals surface area contributed by atoms with Gasteiger partial charge in [-0.05, 0) is 54.7 Å². The zero-order valence-electron chi connectivity index (χ0n) is 14.7. The summed E-state index contributed by atoms with van der Waals surface area (Å²) in [7, 11) is 0. The van der Waals surface area contributed by atoms with Crippen LogP contribution < -0.4 is 5.32 Å². The van der Waals surface area contributed by atoms with Gasteiger partial charge in [0.25, 0.3) is 0 Å². The second-order valence-electron chi connectivity index (χ2n) is 6.97. The van der Waals surface area contributed by atoms with Gasteiger partial charge in [0.15, 0.2) is 0 Å². The van der Waals surface area contributed by atoms with Crippen LogP contribution in [-0.4, -0.2) is 17.6 Å². The third kappa shape index (κ3) is 4.93. The topological polar surface area (TPSA) is 49.3 Å². The Kier molecular flexibility index (Phi) is 6.24. The Bertz CT molecular complexity index is 658. The predicted molar refractivity (Wildman–Crippen MR) is 100 cm³/mol. The van der Waals surface area contributed by atoms with Gasteiger partial charge in [0.1, 0.15) is 0 Å². The summed E-state index contributed by atoms with van der Waals surface area (Å²) in [6.07, 6.45) is 5.00. The van der Waals surface area contributed by atoms with Crippen molar-refractivity contribution in [2.24, 2.45) is 5.92 Å². The van der Waals surface area contributed by atoms with Gasteiger partial charge in [-0.2, -0.15) is 0 Å². The summed E-state index contributed by atoms with van der Waals surface area (Å²) >= 11 is 0. The molecule has 1 aliphatic carbocycles. The van der Waals surface area contributed by atoms with Crippen molar-refractivity contribution in [1.82, 2.24) is 5.32 Å². The normalized spacial score (nSPS) is 20.2. The molecule has 2 aromatic carbocycles. The van der Waals surface area contributed by atoms with E-state index >= 15 is 0 Å². The molecule has 0 bridgehead atoms. The van der Waals surface area contributed by atoms with Gasteiger partial charge < -0.3 is 10.4 Å². The number of hydrogen-bond acceptors (Lipinski definition) is 2. The number of rotatable bonds is 6. The van der Waals surface area contributed by atoms with Gasteiger partial charge in [0.2, 0.25) is 5.91 Å². The van der Waals surface area contributed by atoms with E-state index in [9.17, 15) is 4.79 Å². The molecule has 2 aromatic rings. The number of aliphatic hydroxyl groups excluding tert-OH is 1. The third-order valence-corrected chi connectivity index (χ3v) is 5.29. The molecule has 1 amide bonds. The van der Waals surface area contributed by atoms with Crippen LogP contribution in [0.5, 0.6) is 0 Å². The average molecular weight is 337 g/mol. The van der Waals surface area contributed by atoms with Crippen LogP contribution in [0.4, 0.5) is 0 Å². The molecule has 0 saturated heterocycles. The lowest BCUT2D eigenvalue weighted by atomic mass is 9.78. The number of carbonyl (C=O) groups is 1. The molecule has 3 rings (SSSR count). The van der Waals surface area contributed by atoms with E-state index in [1.165, 1.54) is 11.1 Å². The molecule has 2 N–H and O–H groups in total. The van der Waals surface area contributed by atoms with E-state index in [0.29, 0.717) is 12.5 Å². The SMILES string of the molecule is O=C(NCCc1ccc(CO)cc1)C1CCC(c2ccccc2)CC1. The van der Waals surface area contributed by atoms with E-state index in [4.69, 9.17) is 5.11 Å². The number of amides is 1. The summed E-state index contributed by atoms with van der Waals surface area (Å²) in [5, 5.41) is 12.2. The zero-order valence-corrected chi connectivity index (χ0v) is 14.7. The summed E-state index contributed by atoms with van der Waals surface area (Å²) in [6.45, 7) is 0.749. The predicted octanol–water partition coefficient (Wildman–Crippen LogP) is 3.81. The maximum absolute atomic E-state index is 12.4. The number of hydrogen-bond donors (Lipinski definition) is 2. The molecule has 1 fully saturated rings. The first-order valence-electron chi connectivity index (χ1n) is 9.27. The van der Waals surface area contributed by atoms with E-state index in [1.807, 2.05) is 24.3 Å². The van der Waals surface area contributed by atoms with Crippen molar-refractivity contribution >= 4 is 5.91 Å². The summed E-state index contributed by atoms with van der Waals surface area (Å²) in [5.41, 5.74) is 3.51. The smallest absolute Gasteiger partial charge is 0.223 e. The van der Waals surface area contributed by atoms with Gasteiger partial charge in [0, 0.05) is 12.5 Å². The maximum Gasteiger partial charge on any atom is 0.223 e. The monoisotopic (exact) mass is 337 g/mol. The van der Waals surface area contributed by atoms with Crippen molar-refractivity contribution in [3.8, 4) is 0 Å². The third-order valence-electron chi connectivity index (χ3n) is 5.29. The van der Waals surface area contributed by atoms with Crippen LogP contribution in [0.1, 0.15) is 48.3 Å². The molecule has 1 aliphatic rings. The van der Waals surface area contributed by atoms with Crippen LogP contribution in [0.3, 0.4) is 0 Å². The van der Waals surface area contributed by atoms with E-state index < -0.39 is 0 Å². The highest BCUT2D eigenvalue weighted by atomic mass is 16.3. The lowest BCUT2D eigenvalue weighted by Crippen LogP contribution is -2.34. The quantitative estimate of drug-likeness (QED) is 0.842. The summed E-state index contributed by atoms with van der Waals surface area (Å²) in [5.74, 6) is 0.977. The van der Waals surface area contributed by atoms with Crippen LogP contribution in [0, 0.1) is 5.92 Å². The first-order chi connectivity index (χ1) is 12.3. The van der Waals surface area contributed by atoms with Crippen molar-refractivity contribution in [2.45, 2.75) is 44.6 Å². The van der Waals surface area contributed by atoms with Crippen molar-refractivity contribution in [2.75, 3.05) is 6.54 Å². The van der Waals surface area contributed by atoms with E-state index in [-0.39, 0.29) is 18.4 Å². The Morgan fingerprint density at radius 3 is 2.20 bits per heavy atom. The first kappa shape index (κ1) is 17.7. The van der Waals surface area contributed by atoms with Gasteiger partial charge >= 0.3 is 0 Å². The lowest BCUT2D eigenvalue weighted by molar-refractivity contribution is -0.125. The Labute approximate surface area is 150 Å². The molecule has 0 atom stereocenters. The highest BCUT2D eigenvalue weighted by Crippen LogP contribution is 2.35. The van der Waals surface area contributed by atoms with Crippen LogP contribution >= 0.6 is 0 Å². The Hall–Kier alpha value is -2.13. The van der Waals surface area contributed by atoms with E-state index in [2.05, 4.69) is 35.6 Å². The van der Waals surface area contributed by atoms with E-state index in [0.717, 1.165) is 37.7 Å². The van der Waals surface area contributed by atoms with Crippen molar-refractivity contribution in [3.05, 3.63) is 71.3 Å². The molecule has 0 unspecified atom stereocenters. The molecule has 0 aliphatic heterocycles. The van der Waals surface area contributed by atoms with Gasteiger partial charge in [-0.3, -0.25) is 4.79 Å². The molecule has 0 spiro atoms. The summed E-state index contributed by atoms with van der Waals surface area (Å²) < 4.78 is 0. The van der Waals surface area contributed by atoms with Gasteiger partial charge in [0.05, 0.1) is 6.61 Å². The second kappa shape index (κ2) is 8.82. The van der Waals surface area contributed by atoms with Crippen LogP contribution in [0.25, 0.3) is 0 Å². The average Bonchev–Trinajstić information content (AvgIpc) is 2.69. The Morgan fingerprint density at radius 1 is 0.920 bits per heavy atom. The molecular formula is C22H27NO2. The minimum absolute atomic E-state index is 0.0721. The fraction of sp³-hybridized carbons (Fsp3) is 0.409. The lowest BCUT2D eigenvalue weighted by Gasteiger charge is -2.28. The van der Waals surface area contributed by atoms with Crippen molar-refractivity contribution in [1.29, 1.82) is 0 Å². The van der Waals surface area contributed by atoms with Gasteiger partial charge in [-0.15, -0.1) is 0 Å². The standard InChI is InChI=1S/C22H27NO2/c24-16-18-8-6-17(7-9-18)14-15-23-22(25)21-12-10-20(11-13-21)19-4-2-1-3-5-19/h1-9,20-21,24H,10-16H2,(H,23,25). The Balaban J connectivity index is 1.40. The fourth-order valence-electron chi connectivity index (χ4n) is 3.70. The largest absolute Gasteiger partial charge is 0.392 e. The van der Waals surface area contributed by atoms with Crippen LogP contribution in [0.2, 0.25) is 0 Å². The molecule has 0 radical (unpaired) electrons. The molecule has 25 heavy (non-hydrogen) atoms. The summed E-state index contributed by atoms with van der Waals surface area (Å²) in [6, 6.07) is 18.6. The molecule has 0 aromatic heterocycles. The zero-order chi connectivity index (χ0) is 17.5.